The lowest BCUT2D eigenvalue weighted by Crippen LogP contribution is -2.45. The molecule has 26 heavy (non-hydrogen) atoms. The van der Waals surface area contributed by atoms with Crippen molar-refractivity contribution in [3.8, 4) is 5.88 Å². The maximum absolute atomic E-state index is 11.0. The van der Waals surface area contributed by atoms with Gasteiger partial charge in [0.05, 0.1) is 16.8 Å². The van der Waals surface area contributed by atoms with Crippen LogP contribution in [0.4, 0.5) is 17.2 Å². The molecule has 0 radical (unpaired) electrons. The molecule has 2 N–H and O–H groups in total. The molecule has 0 aliphatic carbocycles. The molecule has 3 rings (SSSR count). The molecule has 2 aromatic heterocycles. The van der Waals surface area contributed by atoms with Gasteiger partial charge in [-0.25, -0.2) is 9.97 Å². The Kier molecular flexibility index (Phi) is 5.64. The first-order valence-electron chi connectivity index (χ1n) is 8.44. The Morgan fingerprint density at radius 3 is 2.73 bits per heavy atom. The molecular weight excluding hydrogens is 337 g/mol. The second kappa shape index (κ2) is 8.11. The number of hydrogen-bond donors (Lipinski definition) is 2. The van der Waals surface area contributed by atoms with Crippen LogP contribution in [-0.2, 0) is 0 Å². The minimum Gasteiger partial charge on any atom is -0.474 e. The van der Waals surface area contributed by atoms with Gasteiger partial charge in [0, 0.05) is 18.3 Å². The monoisotopic (exact) mass is 357 g/mol. The zero-order chi connectivity index (χ0) is 18.5. The molecule has 1 fully saturated rings. The van der Waals surface area contributed by atoms with E-state index in [1.807, 2.05) is 4.81 Å². The van der Waals surface area contributed by atoms with E-state index in [1.54, 1.807) is 25.2 Å². The summed E-state index contributed by atoms with van der Waals surface area (Å²) in [6.45, 7) is 3.33. The molecular formula is C16H20BN5O4. The van der Waals surface area contributed by atoms with E-state index in [9.17, 15) is 15.1 Å². The van der Waals surface area contributed by atoms with Gasteiger partial charge in [-0.1, -0.05) is 0 Å². The number of aromatic nitrogens is 2. The lowest BCUT2D eigenvalue weighted by Gasteiger charge is -2.32. The highest BCUT2D eigenvalue weighted by atomic mass is 16.6. The summed E-state index contributed by atoms with van der Waals surface area (Å²) in [4.78, 5) is 20.8. The third kappa shape index (κ3) is 4.47. The molecule has 0 bridgehead atoms. The summed E-state index contributed by atoms with van der Waals surface area (Å²) in [6.07, 6.45) is 4.76. The van der Waals surface area contributed by atoms with E-state index in [2.05, 4.69) is 15.3 Å². The van der Waals surface area contributed by atoms with Crippen molar-refractivity contribution in [2.45, 2.75) is 25.8 Å². The lowest BCUT2D eigenvalue weighted by molar-refractivity contribution is -0.384. The molecule has 2 aromatic rings. The largest absolute Gasteiger partial charge is 0.474 e. The van der Waals surface area contributed by atoms with Crippen molar-refractivity contribution in [1.29, 1.82) is 0 Å². The van der Waals surface area contributed by atoms with Crippen molar-refractivity contribution in [3.05, 3.63) is 46.8 Å². The fourth-order valence-corrected chi connectivity index (χ4v) is 2.84. The van der Waals surface area contributed by atoms with Crippen molar-refractivity contribution in [1.82, 2.24) is 14.8 Å². The average Bonchev–Trinajstić information content (AvgIpc) is 2.64. The molecule has 0 spiro atoms. The van der Waals surface area contributed by atoms with Gasteiger partial charge in [0.1, 0.15) is 6.10 Å². The Bertz CT molecular complexity index is 751. The minimum atomic E-state index is -0.486. The van der Waals surface area contributed by atoms with Crippen LogP contribution in [0.3, 0.4) is 0 Å². The maximum atomic E-state index is 11.0. The van der Waals surface area contributed by atoms with Crippen molar-refractivity contribution >= 4 is 24.2 Å². The molecule has 136 valence electrons. The second-order valence-electron chi connectivity index (χ2n) is 6.12. The quantitative estimate of drug-likeness (QED) is 0.459. The Balaban J connectivity index is 1.59. The van der Waals surface area contributed by atoms with E-state index in [0.717, 1.165) is 25.9 Å². The van der Waals surface area contributed by atoms with Gasteiger partial charge in [-0.2, -0.15) is 0 Å². The van der Waals surface area contributed by atoms with Crippen molar-refractivity contribution in [3.63, 3.8) is 0 Å². The van der Waals surface area contributed by atoms with Gasteiger partial charge in [0.2, 0.25) is 11.7 Å². The van der Waals surface area contributed by atoms with E-state index in [4.69, 9.17) is 4.74 Å². The number of pyridine rings is 2. The number of nitrogens with zero attached hydrogens (tertiary/aromatic N) is 4. The SMILES string of the molecule is CB(O)N1CCC(Oc2ccc(Nc3ncccc3[N+](=O)[O-])cn2)CC1. The van der Waals surface area contributed by atoms with Crippen LogP contribution in [0.15, 0.2) is 36.7 Å². The van der Waals surface area contributed by atoms with Gasteiger partial charge in [0.15, 0.2) is 0 Å². The number of anilines is 2. The van der Waals surface area contributed by atoms with Gasteiger partial charge >= 0.3 is 12.7 Å². The summed E-state index contributed by atoms with van der Waals surface area (Å²) in [7, 11) is -0.435. The number of piperidine rings is 1. The number of rotatable bonds is 6. The van der Waals surface area contributed by atoms with Crippen molar-refractivity contribution in [2.75, 3.05) is 18.4 Å². The lowest BCUT2D eigenvalue weighted by atomic mass is 9.82. The van der Waals surface area contributed by atoms with Gasteiger partial charge < -0.3 is 19.9 Å². The van der Waals surface area contributed by atoms with Crippen LogP contribution >= 0.6 is 0 Å². The molecule has 0 saturated carbocycles. The fourth-order valence-electron chi connectivity index (χ4n) is 2.84. The normalized spacial score (nSPS) is 15.5. The van der Waals surface area contributed by atoms with Gasteiger partial charge in [0.25, 0.3) is 0 Å². The summed E-state index contributed by atoms with van der Waals surface area (Å²) in [5.74, 6) is 0.667. The molecule has 1 saturated heterocycles. The summed E-state index contributed by atoms with van der Waals surface area (Å²) < 4.78 is 5.88. The Hall–Kier alpha value is -2.72. The zero-order valence-electron chi connectivity index (χ0n) is 14.4. The minimum absolute atomic E-state index is 0.0631. The highest BCUT2D eigenvalue weighted by Gasteiger charge is 2.25. The van der Waals surface area contributed by atoms with Crippen LogP contribution in [-0.4, -0.2) is 51.0 Å². The Morgan fingerprint density at radius 2 is 2.12 bits per heavy atom. The smallest absolute Gasteiger partial charge is 0.376 e. The van der Waals surface area contributed by atoms with Gasteiger partial charge in [-0.15, -0.1) is 0 Å². The highest BCUT2D eigenvalue weighted by molar-refractivity contribution is 6.45. The number of nitro groups is 1. The molecule has 0 aromatic carbocycles. The van der Waals surface area contributed by atoms with E-state index >= 15 is 0 Å². The van der Waals surface area contributed by atoms with E-state index in [1.165, 1.54) is 18.3 Å². The number of hydrogen-bond acceptors (Lipinski definition) is 8. The fraction of sp³-hybridized carbons (Fsp3) is 0.375. The summed E-state index contributed by atoms with van der Waals surface area (Å²) >= 11 is 0. The van der Waals surface area contributed by atoms with E-state index < -0.39 is 12.0 Å². The predicted molar refractivity (Wildman–Crippen MR) is 97.5 cm³/mol. The molecule has 1 aliphatic rings. The van der Waals surface area contributed by atoms with Gasteiger partial charge in [-0.3, -0.25) is 10.1 Å². The zero-order valence-corrected chi connectivity index (χ0v) is 14.4. The Morgan fingerprint density at radius 1 is 1.35 bits per heavy atom. The first-order valence-corrected chi connectivity index (χ1v) is 8.44. The van der Waals surface area contributed by atoms with Crippen LogP contribution in [0, 0.1) is 10.1 Å². The van der Waals surface area contributed by atoms with Crippen molar-refractivity contribution in [2.24, 2.45) is 0 Å². The average molecular weight is 357 g/mol. The van der Waals surface area contributed by atoms with Crippen LogP contribution in [0.2, 0.25) is 6.82 Å². The molecule has 0 unspecified atom stereocenters. The topological polar surface area (TPSA) is 114 Å². The summed E-state index contributed by atoms with van der Waals surface area (Å²) in [5.41, 5.74) is 0.487. The van der Waals surface area contributed by atoms with Crippen molar-refractivity contribution < 1.29 is 14.7 Å². The predicted octanol–water partition coefficient (Wildman–Crippen LogP) is 2.08. The third-order valence-electron chi connectivity index (χ3n) is 4.27. The molecule has 10 heteroatoms. The molecule has 0 amide bonds. The first kappa shape index (κ1) is 18.1. The van der Waals surface area contributed by atoms with Crippen LogP contribution in [0.1, 0.15) is 12.8 Å². The van der Waals surface area contributed by atoms with Crippen LogP contribution in [0.25, 0.3) is 0 Å². The molecule has 0 atom stereocenters. The second-order valence-corrected chi connectivity index (χ2v) is 6.12. The van der Waals surface area contributed by atoms with Crippen LogP contribution in [0.5, 0.6) is 5.88 Å². The van der Waals surface area contributed by atoms with E-state index in [-0.39, 0.29) is 17.6 Å². The standard InChI is InChI=1S/C16H20BN5O4/c1-17(23)21-9-6-13(7-10-21)26-15-5-4-12(11-19-15)20-16-14(22(24)25)3-2-8-18-16/h2-5,8,11,13,23H,6-7,9-10H2,1H3,(H,18,20). The van der Waals surface area contributed by atoms with Crippen LogP contribution < -0.4 is 10.1 Å². The molecule has 1 aliphatic heterocycles. The number of ether oxygens (including phenoxy) is 1. The maximum Gasteiger partial charge on any atom is 0.376 e. The highest BCUT2D eigenvalue weighted by Crippen LogP contribution is 2.25. The summed E-state index contributed by atoms with van der Waals surface area (Å²) in [5, 5.41) is 23.5. The van der Waals surface area contributed by atoms with E-state index in [0.29, 0.717) is 11.6 Å². The molecule has 3 heterocycles. The third-order valence-corrected chi connectivity index (χ3v) is 4.27. The number of nitrogens with one attached hydrogen (secondary N) is 1. The Labute approximate surface area is 151 Å². The first-order chi connectivity index (χ1) is 12.5. The summed E-state index contributed by atoms with van der Waals surface area (Å²) in [6, 6.07) is 6.37. The van der Waals surface area contributed by atoms with Gasteiger partial charge in [-0.05, 0) is 44.9 Å². The molecule has 9 nitrogen and oxygen atoms in total.